The Bertz CT molecular complexity index is 480. The number of carbonyl (C=O) groups excluding carboxylic acids is 1. The zero-order valence-corrected chi connectivity index (χ0v) is 8.24. The fourth-order valence-corrected chi connectivity index (χ4v) is 1.08. The molecule has 2 aromatic rings. The summed E-state index contributed by atoms with van der Waals surface area (Å²) in [4.78, 5) is 15.3. The number of nitrogens with two attached hydrogens (primary N) is 1. The minimum Gasteiger partial charge on any atom is -0.382 e. The van der Waals surface area contributed by atoms with Gasteiger partial charge in [-0.15, -0.1) is 5.10 Å². The lowest BCUT2D eigenvalue weighted by Gasteiger charge is -2.02. The van der Waals surface area contributed by atoms with Crippen LogP contribution >= 0.6 is 0 Å². The van der Waals surface area contributed by atoms with Crippen molar-refractivity contribution in [3.63, 3.8) is 0 Å². The third kappa shape index (κ3) is 2.50. The molecule has 0 bridgehead atoms. The number of amides is 1. The zero-order valence-electron chi connectivity index (χ0n) is 8.24. The highest BCUT2D eigenvalue weighted by molar-refractivity contribution is 5.88. The van der Waals surface area contributed by atoms with Gasteiger partial charge in [-0.25, -0.2) is 4.98 Å². The van der Waals surface area contributed by atoms with Crippen LogP contribution in [0.2, 0.25) is 0 Å². The minimum absolute atomic E-state index is 0.0510. The maximum atomic E-state index is 11.5. The van der Waals surface area contributed by atoms with Gasteiger partial charge in [0.15, 0.2) is 0 Å². The molecule has 0 spiro atoms. The molecule has 0 saturated heterocycles. The van der Waals surface area contributed by atoms with E-state index in [4.69, 9.17) is 5.73 Å². The predicted octanol–water partition coefficient (Wildman–Crippen LogP) is -0.711. The first-order chi connectivity index (χ1) is 7.74. The molecule has 0 unspecified atom stereocenters. The van der Waals surface area contributed by atoms with Crippen LogP contribution in [0.25, 0.3) is 0 Å². The number of hydrogen-bond acceptors (Lipinski definition) is 6. The molecule has 0 aliphatic carbocycles. The van der Waals surface area contributed by atoms with E-state index in [1.54, 1.807) is 12.3 Å². The number of anilines is 2. The van der Waals surface area contributed by atoms with Crippen molar-refractivity contribution in [2.75, 3.05) is 11.1 Å². The van der Waals surface area contributed by atoms with Gasteiger partial charge in [0.05, 0.1) is 12.4 Å². The summed E-state index contributed by atoms with van der Waals surface area (Å²) >= 11 is 0. The monoisotopic (exact) mass is 219 g/mol. The Morgan fingerprint density at radius 2 is 2.38 bits per heavy atom. The van der Waals surface area contributed by atoms with E-state index < -0.39 is 0 Å². The van der Waals surface area contributed by atoms with E-state index in [9.17, 15) is 4.79 Å². The van der Waals surface area contributed by atoms with E-state index in [1.807, 2.05) is 0 Å². The van der Waals surface area contributed by atoms with Gasteiger partial charge >= 0.3 is 0 Å². The summed E-state index contributed by atoms with van der Waals surface area (Å²) in [6.07, 6.45) is 4.47. The summed E-state index contributed by atoms with van der Waals surface area (Å²) in [5.74, 6) is 0.231. The van der Waals surface area contributed by atoms with Crippen molar-refractivity contribution in [1.82, 2.24) is 25.0 Å². The summed E-state index contributed by atoms with van der Waals surface area (Å²) in [5.41, 5.74) is 5.41. The van der Waals surface area contributed by atoms with Gasteiger partial charge in [0, 0.05) is 6.20 Å². The number of nitrogen functional groups attached to an aromatic ring is 1. The number of nitrogens with one attached hydrogen (secondary N) is 1. The van der Waals surface area contributed by atoms with Crippen molar-refractivity contribution in [2.24, 2.45) is 0 Å². The molecule has 0 aromatic carbocycles. The van der Waals surface area contributed by atoms with Crippen LogP contribution in [0.5, 0.6) is 0 Å². The Morgan fingerprint density at radius 1 is 1.50 bits per heavy atom. The van der Waals surface area contributed by atoms with Gasteiger partial charge < -0.3 is 5.73 Å². The molecule has 2 rings (SSSR count). The van der Waals surface area contributed by atoms with Gasteiger partial charge in [-0.3, -0.25) is 14.8 Å². The molecule has 0 aliphatic rings. The molecule has 8 nitrogen and oxygen atoms in total. The third-order valence-electron chi connectivity index (χ3n) is 1.70. The summed E-state index contributed by atoms with van der Waals surface area (Å²) in [5, 5.41) is 13.5. The molecule has 0 fully saturated rings. The molecule has 8 heteroatoms. The highest BCUT2D eigenvalue weighted by Gasteiger charge is 2.05. The number of hydrogen-bond donors (Lipinski definition) is 2. The predicted molar refractivity (Wildman–Crippen MR) is 55.1 cm³/mol. The van der Waals surface area contributed by atoms with E-state index in [0.717, 1.165) is 0 Å². The van der Waals surface area contributed by atoms with Crippen LogP contribution in [0.15, 0.2) is 24.7 Å². The average molecular weight is 219 g/mol. The summed E-state index contributed by atoms with van der Waals surface area (Å²) in [6, 6.07) is 1.61. The second-order valence-corrected chi connectivity index (χ2v) is 2.95. The Labute approximate surface area is 90.5 Å². The molecule has 2 aromatic heterocycles. The largest absolute Gasteiger partial charge is 0.382 e. The molecular weight excluding hydrogens is 210 g/mol. The highest BCUT2D eigenvalue weighted by atomic mass is 16.2. The van der Waals surface area contributed by atoms with E-state index in [1.165, 1.54) is 17.1 Å². The van der Waals surface area contributed by atoms with Crippen LogP contribution in [0.1, 0.15) is 0 Å². The first kappa shape index (κ1) is 10.0. The van der Waals surface area contributed by atoms with Gasteiger partial charge in [0.2, 0.25) is 11.9 Å². The normalized spacial score (nSPS) is 10.0. The lowest BCUT2D eigenvalue weighted by molar-refractivity contribution is -0.116. The quantitative estimate of drug-likeness (QED) is 0.705. The van der Waals surface area contributed by atoms with E-state index >= 15 is 0 Å². The van der Waals surface area contributed by atoms with Crippen LogP contribution in [0, 0.1) is 0 Å². The van der Waals surface area contributed by atoms with Crippen LogP contribution in [-0.2, 0) is 11.3 Å². The average Bonchev–Trinajstić information content (AvgIpc) is 2.65. The Morgan fingerprint density at radius 3 is 3.00 bits per heavy atom. The Balaban J connectivity index is 1.95. The minimum atomic E-state index is -0.295. The fraction of sp³-hybridized carbons (Fsp3) is 0.125. The molecule has 3 N–H and O–H groups in total. The first-order valence-corrected chi connectivity index (χ1v) is 4.46. The van der Waals surface area contributed by atoms with Gasteiger partial charge in [-0.2, -0.15) is 10.2 Å². The van der Waals surface area contributed by atoms with Crippen molar-refractivity contribution < 1.29 is 4.79 Å². The third-order valence-corrected chi connectivity index (χ3v) is 1.70. The number of aromatic nitrogens is 5. The molecule has 1 amide bonds. The molecule has 16 heavy (non-hydrogen) atoms. The summed E-state index contributed by atoms with van der Waals surface area (Å²) in [7, 11) is 0. The summed E-state index contributed by atoms with van der Waals surface area (Å²) in [6.45, 7) is 0.0510. The molecule has 0 saturated carbocycles. The first-order valence-electron chi connectivity index (χ1n) is 4.46. The Hall–Kier alpha value is -2.51. The van der Waals surface area contributed by atoms with Gasteiger partial charge in [-0.1, -0.05) is 0 Å². The maximum absolute atomic E-state index is 11.5. The lowest BCUT2D eigenvalue weighted by Crippen LogP contribution is -2.20. The molecule has 82 valence electrons. The lowest BCUT2D eigenvalue weighted by atomic mass is 10.6. The van der Waals surface area contributed by atoms with Crippen LogP contribution in [0.4, 0.5) is 11.8 Å². The van der Waals surface area contributed by atoms with Crippen molar-refractivity contribution in [1.29, 1.82) is 0 Å². The number of carbonyl (C=O) groups is 1. The van der Waals surface area contributed by atoms with E-state index in [-0.39, 0.29) is 18.4 Å². The second kappa shape index (κ2) is 4.34. The van der Waals surface area contributed by atoms with Crippen LogP contribution < -0.4 is 11.1 Å². The van der Waals surface area contributed by atoms with Gasteiger partial charge in [0.25, 0.3) is 0 Å². The highest BCUT2D eigenvalue weighted by Crippen LogP contribution is 1.97. The van der Waals surface area contributed by atoms with Crippen molar-refractivity contribution >= 4 is 17.7 Å². The molecule has 0 atom stereocenters. The molecular formula is C8H9N7O. The van der Waals surface area contributed by atoms with E-state index in [2.05, 4.69) is 25.6 Å². The topological polar surface area (TPSA) is 112 Å². The molecule has 0 radical (unpaired) electrons. The smallest absolute Gasteiger partial charge is 0.249 e. The van der Waals surface area contributed by atoms with Crippen LogP contribution in [0.3, 0.4) is 0 Å². The SMILES string of the molecule is Nc1ccn(CC(=O)Nc2nccnn2)n1. The van der Waals surface area contributed by atoms with Gasteiger partial charge in [0.1, 0.15) is 12.4 Å². The van der Waals surface area contributed by atoms with Crippen molar-refractivity contribution in [3.8, 4) is 0 Å². The molecule has 0 aliphatic heterocycles. The number of rotatable bonds is 3. The molecule has 2 heterocycles. The van der Waals surface area contributed by atoms with E-state index in [0.29, 0.717) is 5.82 Å². The summed E-state index contributed by atoms with van der Waals surface area (Å²) < 4.78 is 1.42. The van der Waals surface area contributed by atoms with Crippen molar-refractivity contribution in [2.45, 2.75) is 6.54 Å². The standard InChI is InChI=1S/C8H9N7O/c9-6-1-4-15(14-6)5-7(16)12-8-10-2-3-11-13-8/h1-4H,5H2,(H2,9,14)(H,10,12,13,16). The van der Waals surface area contributed by atoms with Crippen molar-refractivity contribution in [3.05, 3.63) is 24.7 Å². The van der Waals surface area contributed by atoms with Gasteiger partial charge in [-0.05, 0) is 6.07 Å². The maximum Gasteiger partial charge on any atom is 0.249 e. The Kier molecular flexibility index (Phi) is 2.72. The van der Waals surface area contributed by atoms with Crippen LogP contribution in [-0.4, -0.2) is 30.9 Å². The second-order valence-electron chi connectivity index (χ2n) is 2.95. The zero-order chi connectivity index (χ0) is 11.4. The fourth-order valence-electron chi connectivity index (χ4n) is 1.08. The number of nitrogens with zero attached hydrogens (tertiary/aromatic N) is 5.